The average Bonchev–Trinajstić information content (AvgIpc) is 2.30. The molecule has 1 amide bonds. The molecule has 0 aliphatic rings. The Morgan fingerprint density at radius 3 is 2.56 bits per heavy atom. The number of carboxylic acid groups (broad SMARTS) is 1. The van der Waals surface area contributed by atoms with Crippen molar-refractivity contribution >= 4 is 41.2 Å². The molecule has 0 bridgehead atoms. The van der Waals surface area contributed by atoms with E-state index in [0.29, 0.717) is 15.6 Å². The topological polar surface area (TPSA) is 66.4 Å². The average molecular weight is 288 g/mol. The van der Waals surface area contributed by atoms with Crippen LogP contribution in [0.2, 0.25) is 10.0 Å². The van der Waals surface area contributed by atoms with Crippen LogP contribution in [-0.2, 0) is 9.59 Å². The van der Waals surface area contributed by atoms with Crippen molar-refractivity contribution in [2.24, 2.45) is 0 Å². The maximum Gasteiger partial charge on any atom is 0.325 e. The van der Waals surface area contributed by atoms with E-state index in [1.807, 2.05) is 0 Å². The molecule has 0 radical (unpaired) electrons. The molecule has 2 N–H and O–H groups in total. The number of rotatable bonds is 4. The minimum Gasteiger partial charge on any atom is -0.480 e. The maximum absolute atomic E-state index is 11.4. The molecular weight excluding hydrogens is 277 g/mol. The monoisotopic (exact) mass is 287 g/mol. The van der Waals surface area contributed by atoms with Gasteiger partial charge in [-0.1, -0.05) is 29.3 Å². The van der Waals surface area contributed by atoms with Crippen molar-refractivity contribution in [3.8, 4) is 0 Å². The molecule has 1 aromatic carbocycles. The lowest BCUT2D eigenvalue weighted by Gasteiger charge is -2.06. The van der Waals surface area contributed by atoms with Crippen LogP contribution in [0.5, 0.6) is 0 Å². The molecule has 18 heavy (non-hydrogen) atoms. The SMILES string of the molecule is C[C@@H](NC(=O)/C=C/c1ccc(Cl)c(Cl)c1)C(=O)O. The van der Waals surface area contributed by atoms with Crippen molar-refractivity contribution < 1.29 is 14.7 Å². The molecule has 0 aliphatic heterocycles. The molecule has 1 aromatic rings. The molecule has 1 atom stereocenters. The summed E-state index contributed by atoms with van der Waals surface area (Å²) in [5.74, 6) is -1.58. The number of amides is 1. The summed E-state index contributed by atoms with van der Waals surface area (Å²) < 4.78 is 0. The third-order valence-electron chi connectivity index (χ3n) is 2.10. The Bertz CT molecular complexity index is 500. The first-order chi connectivity index (χ1) is 8.40. The summed E-state index contributed by atoms with van der Waals surface area (Å²) in [6.45, 7) is 1.38. The van der Waals surface area contributed by atoms with Gasteiger partial charge >= 0.3 is 5.97 Å². The second-order valence-corrected chi connectivity index (χ2v) is 4.39. The number of benzene rings is 1. The van der Waals surface area contributed by atoms with Gasteiger partial charge in [0.25, 0.3) is 0 Å². The van der Waals surface area contributed by atoms with Gasteiger partial charge in [0.1, 0.15) is 6.04 Å². The largest absolute Gasteiger partial charge is 0.480 e. The molecule has 0 fully saturated rings. The summed E-state index contributed by atoms with van der Waals surface area (Å²) in [6.07, 6.45) is 2.76. The number of hydrogen-bond acceptors (Lipinski definition) is 2. The zero-order valence-electron chi connectivity index (χ0n) is 9.48. The number of aliphatic carboxylic acids is 1. The predicted molar refractivity (Wildman–Crippen MR) is 70.7 cm³/mol. The predicted octanol–water partition coefficient (Wildman–Crippen LogP) is 2.60. The lowest BCUT2D eigenvalue weighted by atomic mass is 10.2. The third-order valence-corrected chi connectivity index (χ3v) is 2.84. The van der Waals surface area contributed by atoms with Gasteiger partial charge in [0.2, 0.25) is 5.91 Å². The summed E-state index contributed by atoms with van der Waals surface area (Å²) >= 11 is 11.6. The minimum atomic E-state index is -1.09. The number of carbonyl (C=O) groups is 2. The molecule has 96 valence electrons. The first-order valence-corrected chi connectivity index (χ1v) is 5.82. The fourth-order valence-electron chi connectivity index (χ4n) is 1.11. The highest BCUT2D eigenvalue weighted by molar-refractivity contribution is 6.42. The van der Waals surface area contributed by atoms with E-state index in [9.17, 15) is 9.59 Å². The fraction of sp³-hybridized carbons (Fsp3) is 0.167. The van der Waals surface area contributed by atoms with Crippen molar-refractivity contribution in [1.82, 2.24) is 5.32 Å². The number of hydrogen-bond donors (Lipinski definition) is 2. The van der Waals surface area contributed by atoms with Gasteiger partial charge in [0, 0.05) is 6.08 Å². The fourth-order valence-corrected chi connectivity index (χ4v) is 1.42. The molecule has 6 heteroatoms. The van der Waals surface area contributed by atoms with Crippen molar-refractivity contribution in [2.45, 2.75) is 13.0 Å². The van der Waals surface area contributed by atoms with Crippen LogP contribution in [0.3, 0.4) is 0 Å². The molecule has 0 unspecified atom stereocenters. The van der Waals surface area contributed by atoms with Crippen LogP contribution in [-0.4, -0.2) is 23.0 Å². The standard InChI is InChI=1S/C12H11Cl2NO3/c1-7(12(17)18)15-11(16)5-3-8-2-4-9(13)10(14)6-8/h2-7H,1H3,(H,15,16)(H,17,18)/b5-3+/t7-/m1/s1. The molecule has 1 rings (SSSR count). The first-order valence-electron chi connectivity index (χ1n) is 5.06. The Morgan fingerprint density at radius 2 is 2.00 bits per heavy atom. The summed E-state index contributed by atoms with van der Waals surface area (Å²) in [4.78, 5) is 21.9. The van der Waals surface area contributed by atoms with E-state index in [1.165, 1.54) is 19.1 Å². The molecular formula is C12H11Cl2NO3. The van der Waals surface area contributed by atoms with Gasteiger partial charge in [-0.3, -0.25) is 9.59 Å². The summed E-state index contributed by atoms with van der Waals surface area (Å²) in [6, 6.07) is 3.98. The van der Waals surface area contributed by atoms with Crippen LogP contribution in [0.1, 0.15) is 12.5 Å². The lowest BCUT2D eigenvalue weighted by molar-refractivity contribution is -0.140. The van der Waals surface area contributed by atoms with E-state index in [4.69, 9.17) is 28.3 Å². The number of halogens is 2. The van der Waals surface area contributed by atoms with E-state index in [2.05, 4.69) is 5.32 Å². The van der Waals surface area contributed by atoms with Crippen LogP contribution in [0.4, 0.5) is 0 Å². The minimum absolute atomic E-state index is 0.387. The Hall–Kier alpha value is -1.52. The Labute approximate surface area is 114 Å². The summed E-state index contributed by atoms with van der Waals surface area (Å²) in [5, 5.41) is 11.7. The van der Waals surface area contributed by atoms with Crippen molar-refractivity contribution in [3.63, 3.8) is 0 Å². The van der Waals surface area contributed by atoms with Gasteiger partial charge in [-0.15, -0.1) is 0 Å². The lowest BCUT2D eigenvalue weighted by Crippen LogP contribution is -2.37. The number of carbonyl (C=O) groups excluding carboxylic acids is 1. The maximum atomic E-state index is 11.4. The van der Waals surface area contributed by atoms with Crippen LogP contribution in [0, 0.1) is 0 Å². The highest BCUT2D eigenvalue weighted by atomic mass is 35.5. The zero-order valence-corrected chi connectivity index (χ0v) is 11.0. The quantitative estimate of drug-likeness (QED) is 0.837. The van der Waals surface area contributed by atoms with E-state index in [1.54, 1.807) is 18.2 Å². The van der Waals surface area contributed by atoms with Gasteiger partial charge in [0.15, 0.2) is 0 Å². The number of carboxylic acids is 1. The molecule has 0 heterocycles. The van der Waals surface area contributed by atoms with E-state index in [-0.39, 0.29) is 0 Å². The van der Waals surface area contributed by atoms with Crippen molar-refractivity contribution in [1.29, 1.82) is 0 Å². The molecule has 0 aliphatic carbocycles. The van der Waals surface area contributed by atoms with Crippen molar-refractivity contribution in [3.05, 3.63) is 39.9 Å². The Kier molecular flexibility index (Phi) is 5.19. The van der Waals surface area contributed by atoms with Crippen LogP contribution < -0.4 is 5.32 Å². The van der Waals surface area contributed by atoms with Gasteiger partial charge in [-0.05, 0) is 30.7 Å². The number of nitrogens with one attached hydrogen (secondary N) is 1. The summed E-state index contributed by atoms with van der Waals surface area (Å²) in [7, 11) is 0. The smallest absolute Gasteiger partial charge is 0.325 e. The molecule has 4 nitrogen and oxygen atoms in total. The second-order valence-electron chi connectivity index (χ2n) is 3.58. The van der Waals surface area contributed by atoms with Crippen molar-refractivity contribution in [2.75, 3.05) is 0 Å². The highest BCUT2D eigenvalue weighted by Crippen LogP contribution is 2.22. The third kappa shape index (κ3) is 4.39. The van der Waals surface area contributed by atoms with E-state index < -0.39 is 17.9 Å². The van der Waals surface area contributed by atoms with E-state index >= 15 is 0 Å². The second kappa shape index (κ2) is 6.42. The molecule has 0 aromatic heterocycles. The van der Waals surface area contributed by atoms with Gasteiger partial charge in [-0.25, -0.2) is 0 Å². The van der Waals surface area contributed by atoms with Crippen LogP contribution in [0.25, 0.3) is 6.08 Å². The first kappa shape index (κ1) is 14.5. The summed E-state index contributed by atoms with van der Waals surface area (Å²) in [5.41, 5.74) is 0.697. The Balaban J connectivity index is 2.66. The van der Waals surface area contributed by atoms with Gasteiger partial charge < -0.3 is 10.4 Å². The van der Waals surface area contributed by atoms with Gasteiger partial charge in [-0.2, -0.15) is 0 Å². The molecule has 0 spiro atoms. The Morgan fingerprint density at radius 1 is 1.33 bits per heavy atom. The van der Waals surface area contributed by atoms with Crippen LogP contribution >= 0.6 is 23.2 Å². The van der Waals surface area contributed by atoms with Gasteiger partial charge in [0.05, 0.1) is 10.0 Å². The zero-order chi connectivity index (χ0) is 13.7. The molecule has 0 saturated carbocycles. The van der Waals surface area contributed by atoms with Crippen LogP contribution in [0.15, 0.2) is 24.3 Å². The normalized spacial score (nSPS) is 12.4. The van der Waals surface area contributed by atoms with E-state index in [0.717, 1.165) is 0 Å². The molecule has 0 saturated heterocycles. The highest BCUT2D eigenvalue weighted by Gasteiger charge is 2.11.